The molecule has 0 aromatic heterocycles. The highest BCUT2D eigenvalue weighted by Gasteiger charge is 2.30. The number of fused-ring (bicyclic) bond motifs is 1. The van der Waals surface area contributed by atoms with Crippen molar-refractivity contribution in [3.8, 4) is 5.75 Å². The van der Waals surface area contributed by atoms with Crippen molar-refractivity contribution in [2.45, 2.75) is 58.0 Å². The molecule has 0 bridgehead atoms. The van der Waals surface area contributed by atoms with Gasteiger partial charge in [-0.3, -0.25) is 0 Å². The van der Waals surface area contributed by atoms with Crippen LogP contribution < -0.4 is 10.1 Å². The number of ether oxygens (including phenoxy) is 1. The van der Waals surface area contributed by atoms with Crippen LogP contribution in [0, 0.1) is 11.8 Å². The predicted molar refractivity (Wildman–Crippen MR) is 83.0 cm³/mol. The first-order chi connectivity index (χ1) is 9.75. The van der Waals surface area contributed by atoms with Gasteiger partial charge in [-0.05, 0) is 31.7 Å². The summed E-state index contributed by atoms with van der Waals surface area (Å²) in [6, 6.07) is 9.56. The Morgan fingerprint density at radius 1 is 1.15 bits per heavy atom. The number of rotatable bonds is 3. The van der Waals surface area contributed by atoms with Gasteiger partial charge in [0.1, 0.15) is 5.75 Å². The second-order valence-corrected chi connectivity index (χ2v) is 6.66. The van der Waals surface area contributed by atoms with Crippen molar-refractivity contribution in [1.82, 2.24) is 5.32 Å². The summed E-state index contributed by atoms with van der Waals surface area (Å²) in [7, 11) is 0. The van der Waals surface area contributed by atoms with E-state index >= 15 is 0 Å². The minimum atomic E-state index is 0.442. The molecule has 1 aromatic carbocycles. The Morgan fingerprint density at radius 2 is 1.90 bits per heavy atom. The van der Waals surface area contributed by atoms with Crippen LogP contribution in [-0.4, -0.2) is 12.6 Å². The van der Waals surface area contributed by atoms with Crippen molar-refractivity contribution in [1.29, 1.82) is 0 Å². The first-order valence-corrected chi connectivity index (χ1v) is 8.23. The molecule has 2 heteroatoms. The third kappa shape index (κ3) is 2.85. The highest BCUT2D eigenvalue weighted by molar-refractivity contribution is 5.38. The molecular formula is C18H27NO. The molecule has 1 N–H and O–H groups in total. The highest BCUT2D eigenvalue weighted by Crippen LogP contribution is 2.36. The summed E-state index contributed by atoms with van der Waals surface area (Å²) < 4.78 is 5.85. The van der Waals surface area contributed by atoms with Crippen molar-refractivity contribution < 1.29 is 4.74 Å². The van der Waals surface area contributed by atoms with Gasteiger partial charge < -0.3 is 10.1 Å². The molecule has 1 aliphatic heterocycles. The minimum absolute atomic E-state index is 0.442. The van der Waals surface area contributed by atoms with E-state index in [1.165, 1.54) is 37.7 Å². The third-order valence-electron chi connectivity index (χ3n) is 5.12. The maximum atomic E-state index is 5.85. The van der Waals surface area contributed by atoms with Crippen molar-refractivity contribution in [2.24, 2.45) is 11.8 Å². The van der Waals surface area contributed by atoms with E-state index in [1.54, 1.807) is 0 Å². The fourth-order valence-corrected chi connectivity index (χ4v) is 3.80. The van der Waals surface area contributed by atoms with Gasteiger partial charge in [0.25, 0.3) is 0 Å². The normalized spacial score (nSPS) is 28.5. The molecule has 0 saturated heterocycles. The molecule has 2 nitrogen and oxygen atoms in total. The lowest BCUT2D eigenvalue weighted by Gasteiger charge is -2.37. The molecule has 3 rings (SSSR count). The summed E-state index contributed by atoms with van der Waals surface area (Å²) in [6.07, 6.45) is 7.05. The topological polar surface area (TPSA) is 21.3 Å². The van der Waals surface area contributed by atoms with E-state index in [0.717, 1.165) is 18.3 Å². The van der Waals surface area contributed by atoms with E-state index in [-0.39, 0.29) is 0 Å². The van der Waals surface area contributed by atoms with Crippen molar-refractivity contribution in [3.05, 3.63) is 29.8 Å². The van der Waals surface area contributed by atoms with E-state index < -0.39 is 0 Å². The van der Waals surface area contributed by atoms with Crippen LogP contribution in [0.15, 0.2) is 24.3 Å². The van der Waals surface area contributed by atoms with Crippen LogP contribution >= 0.6 is 0 Å². The number of para-hydroxylation sites is 1. The molecule has 0 amide bonds. The van der Waals surface area contributed by atoms with Crippen molar-refractivity contribution >= 4 is 0 Å². The third-order valence-corrected chi connectivity index (χ3v) is 5.12. The van der Waals surface area contributed by atoms with Crippen LogP contribution in [0.5, 0.6) is 5.75 Å². The Kier molecular flexibility index (Phi) is 4.30. The molecule has 20 heavy (non-hydrogen) atoms. The fraction of sp³-hybridized carbons (Fsp3) is 0.667. The number of hydrogen-bond donors (Lipinski definition) is 1. The first kappa shape index (κ1) is 13.9. The second-order valence-electron chi connectivity index (χ2n) is 6.66. The lowest BCUT2D eigenvalue weighted by Crippen LogP contribution is -2.42. The van der Waals surface area contributed by atoms with E-state index in [0.29, 0.717) is 18.0 Å². The Hall–Kier alpha value is -1.02. The summed E-state index contributed by atoms with van der Waals surface area (Å²) in [5.41, 5.74) is 1.34. The van der Waals surface area contributed by atoms with Gasteiger partial charge in [0, 0.05) is 23.6 Å². The average molecular weight is 273 g/mol. The highest BCUT2D eigenvalue weighted by atomic mass is 16.5. The summed E-state index contributed by atoms with van der Waals surface area (Å²) in [6.45, 7) is 5.49. The first-order valence-electron chi connectivity index (χ1n) is 8.23. The molecule has 1 fully saturated rings. The molecule has 110 valence electrons. The van der Waals surface area contributed by atoms with Gasteiger partial charge in [0.15, 0.2) is 0 Å². The number of benzene rings is 1. The molecule has 0 radical (unpaired) electrons. The van der Waals surface area contributed by atoms with Gasteiger partial charge in [0.2, 0.25) is 0 Å². The lowest BCUT2D eigenvalue weighted by molar-refractivity contribution is 0.165. The van der Waals surface area contributed by atoms with E-state index in [2.05, 4.69) is 43.4 Å². The van der Waals surface area contributed by atoms with Crippen LogP contribution in [0.25, 0.3) is 0 Å². The van der Waals surface area contributed by atoms with Crippen LogP contribution in [0.2, 0.25) is 0 Å². The van der Waals surface area contributed by atoms with Gasteiger partial charge >= 0.3 is 0 Å². The molecule has 3 unspecified atom stereocenters. The summed E-state index contributed by atoms with van der Waals surface area (Å²) in [5, 5.41) is 3.91. The Labute approximate surface area is 122 Å². The zero-order chi connectivity index (χ0) is 13.9. The van der Waals surface area contributed by atoms with E-state index in [1.807, 2.05) is 0 Å². The Morgan fingerprint density at radius 3 is 2.70 bits per heavy atom. The minimum Gasteiger partial charge on any atom is -0.493 e. The van der Waals surface area contributed by atoms with Crippen LogP contribution in [0.4, 0.5) is 0 Å². The number of hydrogen-bond acceptors (Lipinski definition) is 2. The predicted octanol–water partition coefficient (Wildman–Crippen LogP) is 4.31. The van der Waals surface area contributed by atoms with Crippen LogP contribution in [-0.2, 0) is 0 Å². The van der Waals surface area contributed by atoms with E-state index in [9.17, 15) is 0 Å². The molecule has 1 saturated carbocycles. The average Bonchev–Trinajstić information content (AvgIpc) is 2.51. The number of nitrogens with one attached hydrogen (secondary N) is 1. The van der Waals surface area contributed by atoms with Gasteiger partial charge in [-0.2, -0.15) is 0 Å². The van der Waals surface area contributed by atoms with Gasteiger partial charge in [0.05, 0.1) is 6.61 Å². The Balaban J connectivity index is 1.72. The molecule has 0 spiro atoms. The molecule has 1 heterocycles. The maximum absolute atomic E-state index is 5.85. The zero-order valence-electron chi connectivity index (χ0n) is 12.8. The summed E-state index contributed by atoms with van der Waals surface area (Å²) in [5.74, 6) is 2.46. The fourth-order valence-electron chi connectivity index (χ4n) is 3.80. The monoisotopic (exact) mass is 273 g/mol. The molecule has 2 aliphatic rings. The largest absolute Gasteiger partial charge is 0.493 e. The van der Waals surface area contributed by atoms with Gasteiger partial charge in [-0.25, -0.2) is 0 Å². The van der Waals surface area contributed by atoms with Crippen LogP contribution in [0.1, 0.15) is 57.6 Å². The SMILES string of the molecule is CC1COc2ccccc2C1NC(C)C1CCCCC1. The quantitative estimate of drug-likeness (QED) is 0.886. The molecule has 1 aliphatic carbocycles. The van der Waals surface area contributed by atoms with Gasteiger partial charge in [-0.15, -0.1) is 0 Å². The maximum Gasteiger partial charge on any atom is 0.124 e. The molecular weight excluding hydrogens is 246 g/mol. The molecule has 3 atom stereocenters. The standard InChI is InChI=1S/C18H27NO/c1-13-12-20-17-11-7-6-10-16(17)18(13)19-14(2)15-8-4-3-5-9-15/h6-7,10-11,13-15,18-19H,3-5,8-9,12H2,1-2H3. The van der Waals surface area contributed by atoms with E-state index in [4.69, 9.17) is 4.74 Å². The van der Waals surface area contributed by atoms with Crippen molar-refractivity contribution in [3.63, 3.8) is 0 Å². The molecule has 1 aromatic rings. The summed E-state index contributed by atoms with van der Waals surface area (Å²) >= 11 is 0. The van der Waals surface area contributed by atoms with Crippen molar-refractivity contribution in [2.75, 3.05) is 6.61 Å². The Bertz CT molecular complexity index is 439. The zero-order valence-corrected chi connectivity index (χ0v) is 12.8. The summed E-state index contributed by atoms with van der Waals surface area (Å²) in [4.78, 5) is 0. The lowest BCUT2D eigenvalue weighted by atomic mass is 9.83. The smallest absolute Gasteiger partial charge is 0.124 e. The van der Waals surface area contributed by atoms with Gasteiger partial charge in [-0.1, -0.05) is 44.4 Å². The second kappa shape index (κ2) is 6.17. The van der Waals surface area contributed by atoms with Crippen LogP contribution in [0.3, 0.4) is 0 Å².